The van der Waals surface area contributed by atoms with Gasteiger partial charge in [-0.25, -0.2) is 33.8 Å². The maximum absolute atomic E-state index is 17.4. The highest BCUT2D eigenvalue weighted by atomic mass is 19.4. The first-order valence-corrected chi connectivity index (χ1v) is 18.6. The summed E-state index contributed by atoms with van der Waals surface area (Å²) in [5.74, 6) is 1.75. The number of alkyl halides is 6. The van der Waals surface area contributed by atoms with Crippen LogP contribution < -0.4 is 10.8 Å². The third-order valence-corrected chi connectivity index (χ3v) is 11.4. The molecule has 1 saturated carbocycles. The first-order valence-electron chi connectivity index (χ1n) is 18.6. The summed E-state index contributed by atoms with van der Waals surface area (Å²) in [6.07, 6.45) is -2.40. The number of pyridine rings is 1. The van der Waals surface area contributed by atoms with E-state index in [1.54, 1.807) is 30.6 Å². The number of benzene rings is 2. The van der Waals surface area contributed by atoms with Gasteiger partial charge in [-0.3, -0.25) is 9.82 Å². The van der Waals surface area contributed by atoms with Gasteiger partial charge in [0.05, 0.1) is 16.8 Å². The van der Waals surface area contributed by atoms with Crippen molar-refractivity contribution in [1.29, 1.82) is 0 Å². The molecule has 3 aliphatic rings. The van der Waals surface area contributed by atoms with E-state index in [0.29, 0.717) is 78.4 Å². The SMILES string of the molecule is CC1(C)Cc2nc(C3CCN(c4ncc(-c5cccc(C(=O)O)c5)cn4)CC3)c([C@@H](F)c3ccc(C(F)(F)F)cc3)c(C3CCC(F)(F)CC3)c2[C@@H](ON)C1. The summed E-state index contributed by atoms with van der Waals surface area (Å²) < 4.78 is 87.1. The molecule has 292 valence electrons. The zero-order valence-electron chi connectivity index (χ0n) is 30.6. The number of carboxylic acid groups (broad SMARTS) is 1. The highest BCUT2D eigenvalue weighted by Crippen LogP contribution is 2.53. The normalized spacial score (nSPS) is 20.9. The summed E-state index contributed by atoms with van der Waals surface area (Å²) in [5.41, 5.74) is 2.84. The molecule has 0 unspecified atom stereocenters. The monoisotopic (exact) mass is 767 g/mol. The van der Waals surface area contributed by atoms with Crippen molar-refractivity contribution >= 4 is 11.9 Å². The Kier molecular flexibility index (Phi) is 10.4. The number of piperidine rings is 1. The molecule has 1 saturated heterocycles. The van der Waals surface area contributed by atoms with Crippen molar-refractivity contribution in [3.8, 4) is 11.1 Å². The van der Waals surface area contributed by atoms with Crippen molar-refractivity contribution in [2.45, 2.75) is 101 Å². The van der Waals surface area contributed by atoms with E-state index in [1.807, 2.05) is 4.90 Å². The average Bonchev–Trinajstić information content (AvgIpc) is 3.16. The molecule has 55 heavy (non-hydrogen) atoms. The van der Waals surface area contributed by atoms with Gasteiger partial charge in [0.15, 0.2) is 6.17 Å². The summed E-state index contributed by atoms with van der Waals surface area (Å²) in [5, 5.41) is 9.38. The number of carbonyl (C=O) groups is 1. The minimum atomic E-state index is -4.61. The molecule has 1 aliphatic heterocycles. The minimum absolute atomic E-state index is 0.0135. The number of rotatable bonds is 8. The van der Waals surface area contributed by atoms with Gasteiger partial charge in [0, 0.05) is 66.6 Å². The quantitative estimate of drug-likeness (QED) is 0.135. The van der Waals surface area contributed by atoms with E-state index in [4.69, 9.17) is 15.7 Å². The second kappa shape index (κ2) is 14.8. The van der Waals surface area contributed by atoms with E-state index in [-0.39, 0.29) is 53.7 Å². The third kappa shape index (κ3) is 8.07. The molecule has 4 aromatic rings. The summed E-state index contributed by atoms with van der Waals surface area (Å²) in [6, 6.07) is 10.5. The van der Waals surface area contributed by atoms with E-state index < -0.39 is 41.8 Å². The lowest BCUT2D eigenvalue weighted by atomic mass is 9.68. The Morgan fingerprint density at radius 1 is 0.945 bits per heavy atom. The molecule has 7 rings (SSSR count). The lowest BCUT2D eigenvalue weighted by molar-refractivity contribution is -0.137. The van der Waals surface area contributed by atoms with E-state index in [1.165, 1.54) is 6.07 Å². The summed E-state index contributed by atoms with van der Waals surface area (Å²) in [6.45, 7) is 5.09. The second-order valence-electron chi connectivity index (χ2n) is 15.9. The molecular weight excluding hydrogens is 724 g/mol. The number of hydrogen-bond donors (Lipinski definition) is 2. The minimum Gasteiger partial charge on any atom is -0.478 e. The van der Waals surface area contributed by atoms with Crippen LogP contribution in [-0.4, -0.2) is 45.0 Å². The fourth-order valence-corrected chi connectivity index (χ4v) is 8.62. The summed E-state index contributed by atoms with van der Waals surface area (Å²) >= 11 is 0. The number of carboxylic acids is 1. The van der Waals surface area contributed by atoms with Crippen LogP contribution in [0.4, 0.5) is 32.3 Å². The maximum atomic E-state index is 17.4. The van der Waals surface area contributed by atoms with Crippen LogP contribution in [0.25, 0.3) is 11.1 Å². The predicted molar refractivity (Wildman–Crippen MR) is 194 cm³/mol. The van der Waals surface area contributed by atoms with E-state index >= 15 is 4.39 Å². The van der Waals surface area contributed by atoms with Gasteiger partial charge in [0.1, 0.15) is 6.10 Å². The van der Waals surface area contributed by atoms with Gasteiger partial charge in [-0.2, -0.15) is 13.2 Å². The molecule has 2 aromatic carbocycles. The van der Waals surface area contributed by atoms with Crippen LogP contribution >= 0.6 is 0 Å². The molecule has 3 heterocycles. The zero-order valence-corrected chi connectivity index (χ0v) is 30.6. The first-order chi connectivity index (χ1) is 26.0. The molecule has 2 aromatic heterocycles. The number of aromatic nitrogens is 3. The number of aromatic carboxylic acids is 1. The fraction of sp³-hybridized carbons (Fsp3) is 0.463. The van der Waals surface area contributed by atoms with Crippen LogP contribution in [0.1, 0.15) is 132 Å². The summed E-state index contributed by atoms with van der Waals surface area (Å²) in [7, 11) is 0. The zero-order chi connectivity index (χ0) is 39.3. The molecule has 2 fully saturated rings. The molecule has 14 heteroatoms. The number of hydrogen-bond acceptors (Lipinski definition) is 7. The molecule has 2 atom stereocenters. The number of nitrogens with two attached hydrogens (primary N) is 1. The number of halogens is 6. The fourth-order valence-electron chi connectivity index (χ4n) is 8.62. The lowest BCUT2D eigenvalue weighted by Gasteiger charge is -2.41. The average molecular weight is 768 g/mol. The van der Waals surface area contributed by atoms with Crippen LogP contribution in [0.15, 0.2) is 60.9 Å². The largest absolute Gasteiger partial charge is 0.478 e. The molecule has 3 N–H and O–H groups in total. The Morgan fingerprint density at radius 3 is 2.20 bits per heavy atom. The Labute approximate surface area is 315 Å². The summed E-state index contributed by atoms with van der Waals surface area (Å²) in [4.78, 5) is 33.3. The number of fused-ring (bicyclic) bond motifs is 1. The lowest BCUT2D eigenvalue weighted by Crippen LogP contribution is -2.36. The number of anilines is 1. The third-order valence-electron chi connectivity index (χ3n) is 11.4. The smallest absolute Gasteiger partial charge is 0.416 e. The van der Waals surface area contributed by atoms with Crippen LogP contribution in [-0.2, 0) is 17.4 Å². The van der Waals surface area contributed by atoms with Gasteiger partial charge < -0.3 is 10.0 Å². The van der Waals surface area contributed by atoms with Crippen molar-refractivity contribution < 1.29 is 41.1 Å². The van der Waals surface area contributed by atoms with Gasteiger partial charge in [-0.05, 0) is 90.8 Å². The second-order valence-corrected chi connectivity index (χ2v) is 15.9. The predicted octanol–water partition coefficient (Wildman–Crippen LogP) is 9.90. The Morgan fingerprint density at radius 2 is 1.60 bits per heavy atom. The number of nitrogens with zero attached hydrogens (tertiary/aromatic N) is 4. The van der Waals surface area contributed by atoms with Gasteiger partial charge >= 0.3 is 12.1 Å². The Hall–Kier alpha value is -4.56. The highest BCUT2D eigenvalue weighted by molar-refractivity contribution is 5.89. The Balaban J connectivity index is 1.27. The molecule has 0 amide bonds. The van der Waals surface area contributed by atoms with Gasteiger partial charge in [-0.1, -0.05) is 38.1 Å². The van der Waals surface area contributed by atoms with Crippen LogP contribution in [0.3, 0.4) is 0 Å². The van der Waals surface area contributed by atoms with E-state index in [0.717, 1.165) is 24.3 Å². The van der Waals surface area contributed by atoms with E-state index in [2.05, 4.69) is 23.8 Å². The molecule has 0 bridgehead atoms. The molecule has 0 radical (unpaired) electrons. The molecular formula is C41H43F6N5O3. The Bertz CT molecular complexity index is 2020. The van der Waals surface area contributed by atoms with Gasteiger partial charge in [-0.15, -0.1) is 0 Å². The van der Waals surface area contributed by atoms with Crippen molar-refractivity contribution in [3.63, 3.8) is 0 Å². The van der Waals surface area contributed by atoms with Gasteiger partial charge in [0.2, 0.25) is 11.9 Å². The van der Waals surface area contributed by atoms with Crippen LogP contribution in [0.5, 0.6) is 0 Å². The van der Waals surface area contributed by atoms with Gasteiger partial charge in [0.25, 0.3) is 0 Å². The maximum Gasteiger partial charge on any atom is 0.416 e. The van der Waals surface area contributed by atoms with E-state index in [9.17, 15) is 31.9 Å². The van der Waals surface area contributed by atoms with Crippen LogP contribution in [0, 0.1) is 5.41 Å². The standard InChI is InChI=1S/C41H43F6N5O3/c1-39(2)19-30-33(31(20-39)55-48)32(23-10-14-40(43,44)15-11-23)34(35(42)24-6-8-29(9-7-24)41(45,46)47)36(51-30)25-12-16-52(17-13-25)38-49-21-28(22-50-38)26-4-3-5-27(18-26)37(53)54/h3-9,18,21-23,25,31,35H,10-17,19-20,48H2,1-2H3,(H,53,54)/t31-,35-/m0/s1. The van der Waals surface area contributed by atoms with Crippen molar-refractivity contribution in [1.82, 2.24) is 15.0 Å². The molecule has 8 nitrogen and oxygen atoms in total. The molecule has 2 aliphatic carbocycles. The topological polar surface area (TPSA) is 114 Å². The van der Waals surface area contributed by atoms with Crippen molar-refractivity contribution in [2.75, 3.05) is 18.0 Å². The van der Waals surface area contributed by atoms with Crippen LogP contribution in [0.2, 0.25) is 0 Å². The first kappa shape index (κ1) is 38.7. The van der Waals surface area contributed by atoms with Crippen molar-refractivity contribution in [3.05, 3.63) is 106 Å². The molecule has 0 spiro atoms. The highest BCUT2D eigenvalue weighted by Gasteiger charge is 2.44. The van der Waals surface area contributed by atoms with Crippen molar-refractivity contribution in [2.24, 2.45) is 11.3 Å².